The number of H-pyrrole nitrogens is 1. The molecule has 5 heteroatoms. The lowest BCUT2D eigenvalue weighted by molar-refractivity contribution is -0.119. The van der Waals surface area contributed by atoms with Crippen molar-refractivity contribution in [2.24, 2.45) is 0 Å². The SMILES string of the molecule is CC(=O)NCCc1c(C(C2=C(O)CCC2=O)c2ccccc2)[nH]c2ccccc12. The van der Waals surface area contributed by atoms with E-state index in [4.69, 9.17) is 0 Å². The minimum absolute atomic E-state index is 0.0113. The summed E-state index contributed by atoms with van der Waals surface area (Å²) in [5.41, 5.74) is 4.37. The predicted octanol–water partition coefficient (Wildman–Crippen LogP) is 4.15. The summed E-state index contributed by atoms with van der Waals surface area (Å²) in [6.45, 7) is 2.01. The quantitative estimate of drug-likeness (QED) is 0.593. The van der Waals surface area contributed by atoms with Crippen LogP contribution in [0.3, 0.4) is 0 Å². The lowest BCUT2D eigenvalue weighted by atomic mass is 9.84. The maximum Gasteiger partial charge on any atom is 0.216 e. The van der Waals surface area contributed by atoms with Crippen LogP contribution in [0.5, 0.6) is 0 Å². The van der Waals surface area contributed by atoms with E-state index in [-0.39, 0.29) is 23.4 Å². The molecular weight excluding hydrogens is 364 g/mol. The van der Waals surface area contributed by atoms with Crippen molar-refractivity contribution in [3.05, 3.63) is 82.8 Å². The Morgan fingerprint density at radius 3 is 2.52 bits per heavy atom. The lowest BCUT2D eigenvalue weighted by Gasteiger charge is -2.20. The monoisotopic (exact) mass is 388 g/mol. The molecule has 0 spiro atoms. The molecule has 0 saturated carbocycles. The minimum Gasteiger partial charge on any atom is -0.512 e. The second-order valence-electron chi connectivity index (χ2n) is 7.42. The van der Waals surface area contributed by atoms with Crippen LogP contribution < -0.4 is 5.32 Å². The number of aromatic amines is 1. The molecule has 29 heavy (non-hydrogen) atoms. The molecule has 148 valence electrons. The van der Waals surface area contributed by atoms with Gasteiger partial charge in [-0.15, -0.1) is 0 Å². The molecule has 0 bridgehead atoms. The van der Waals surface area contributed by atoms with Gasteiger partial charge in [0.1, 0.15) is 5.76 Å². The van der Waals surface area contributed by atoms with Crippen LogP contribution in [0.15, 0.2) is 65.9 Å². The number of nitrogens with one attached hydrogen (secondary N) is 2. The number of Topliss-reactive ketones (excluding diaryl/α,β-unsaturated/α-hetero) is 1. The summed E-state index contributed by atoms with van der Waals surface area (Å²) in [6, 6.07) is 17.8. The van der Waals surface area contributed by atoms with Crippen molar-refractivity contribution >= 4 is 22.6 Å². The number of para-hydroxylation sites is 1. The minimum atomic E-state index is -0.370. The summed E-state index contributed by atoms with van der Waals surface area (Å²) in [7, 11) is 0. The van der Waals surface area contributed by atoms with Gasteiger partial charge in [-0.3, -0.25) is 9.59 Å². The number of carbonyl (C=O) groups excluding carboxylic acids is 2. The fourth-order valence-corrected chi connectivity index (χ4v) is 4.21. The van der Waals surface area contributed by atoms with E-state index in [1.807, 2.05) is 54.6 Å². The van der Waals surface area contributed by atoms with E-state index >= 15 is 0 Å². The Balaban J connectivity index is 1.89. The van der Waals surface area contributed by atoms with Gasteiger partial charge in [-0.1, -0.05) is 48.5 Å². The summed E-state index contributed by atoms with van der Waals surface area (Å²) in [5, 5.41) is 14.5. The molecule has 1 atom stereocenters. The van der Waals surface area contributed by atoms with E-state index in [0.29, 0.717) is 31.4 Å². The molecule has 1 aliphatic carbocycles. The third-order valence-corrected chi connectivity index (χ3v) is 5.51. The number of aromatic nitrogens is 1. The molecule has 1 unspecified atom stereocenters. The zero-order valence-electron chi connectivity index (χ0n) is 16.4. The summed E-state index contributed by atoms with van der Waals surface area (Å²) in [4.78, 5) is 27.6. The molecule has 0 fully saturated rings. The number of benzene rings is 2. The van der Waals surface area contributed by atoms with Gasteiger partial charge in [0, 0.05) is 48.5 Å². The van der Waals surface area contributed by atoms with Crippen LogP contribution in [0.2, 0.25) is 0 Å². The standard InChI is InChI=1S/C24H24N2O3/c1-15(27)25-14-13-18-17-9-5-6-10-19(17)26-24(18)22(16-7-3-2-4-8-16)23-20(28)11-12-21(23)29/h2-10,22,26,28H,11-14H2,1H3,(H,25,27). The number of carbonyl (C=O) groups is 2. The first-order chi connectivity index (χ1) is 14.1. The molecule has 0 saturated heterocycles. The Kier molecular flexibility index (Phi) is 5.21. The zero-order valence-corrected chi connectivity index (χ0v) is 16.4. The highest BCUT2D eigenvalue weighted by Crippen LogP contribution is 2.41. The van der Waals surface area contributed by atoms with Gasteiger partial charge < -0.3 is 15.4 Å². The Morgan fingerprint density at radius 1 is 1.10 bits per heavy atom. The molecule has 5 nitrogen and oxygen atoms in total. The Hall–Kier alpha value is -3.34. The van der Waals surface area contributed by atoms with Crippen LogP contribution in [-0.2, 0) is 16.0 Å². The van der Waals surface area contributed by atoms with Gasteiger partial charge in [-0.05, 0) is 23.6 Å². The molecular formula is C24H24N2O3. The van der Waals surface area contributed by atoms with Crippen molar-refractivity contribution in [1.29, 1.82) is 0 Å². The van der Waals surface area contributed by atoms with Gasteiger partial charge in [-0.2, -0.15) is 0 Å². The average molecular weight is 388 g/mol. The number of amides is 1. The molecule has 1 amide bonds. The maximum absolute atomic E-state index is 12.7. The van der Waals surface area contributed by atoms with E-state index in [9.17, 15) is 14.7 Å². The van der Waals surface area contributed by atoms with Crippen molar-refractivity contribution in [3.8, 4) is 0 Å². The normalized spacial score (nSPS) is 15.1. The van der Waals surface area contributed by atoms with Gasteiger partial charge in [0.15, 0.2) is 5.78 Å². The lowest BCUT2D eigenvalue weighted by Crippen LogP contribution is -2.23. The number of aliphatic hydroxyl groups excluding tert-OH is 1. The van der Waals surface area contributed by atoms with Crippen molar-refractivity contribution < 1.29 is 14.7 Å². The topological polar surface area (TPSA) is 82.2 Å². The summed E-state index contributed by atoms with van der Waals surface area (Å²) in [5.74, 6) is -0.276. The van der Waals surface area contributed by atoms with Crippen LogP contribution in [0.1, 0.15) is 42.5 Å². The number of hydrogen-bond donors (Lipinski definition) is 3. The second kappa shape index (κ2) is 7.95. The van der Waals surface area contributed by atoms with E-state index in [1.165, 1.54) is 6.92 Å². The third kappa shape index (κ3) is 3.68. The van der Waals surface area contributed by atoms with Gasteiger partial charge in [0.25, 0.3) is 0 Å². The summed E-state index contributed by atoms with van der Waals surface area (Å²) < 4.78 is 0. The van der Waals surface area contributed by atoms with E-state index in [2.05, 4.69) is 10.3 Å². The molecule has 1 heterocycles. The molecule has 0 radical (unpaired) electrons. The van der Waals surface area contributed by atoms with E-state index in [1.54, 1.807) is 0 Å². The zero-order chi connectivity index (χ0) is 20.4. The molecule has 3 aromatic rings. The highest BCUT2D eigenvalue weighted by atomic mass is 16.3. The fourth-order valence-electron chi connectivity index (χ4n) is 4.21. The summed E-state index contributed by atoms with van der Waals surface area (Å²) >= 11 is 0. The van der Waals surface area contributed by atoms with Crippen LogP contribution in [-0.4, -0.2) is 28.3 Å². The third-order valence-electron chi connectivity index (χ3n) is 5.51. The van der Waals surface area contributed by atoms with Crippen molar-refractivity contribution in [2.75, 3.05) is 6.54 Å². The molecule has 0 aliphatic heterocycles. The Bertz CT molecular complexity index is 1100. The number of rotatable bonds is 6. The molecule has 1 aliphatic rings. The second-order valence-corrected chi connectivity index (χ2v) is 7.42. The highest BCUT2D eigenvalue weighted by Gasteiger charge is 2.34. The first-order valence-corrected chi connectivity index (χ1v) is 9.90. The number of allylic oxidation sites excluding steroid dienone is 2. The van der Waals surface area contributed by atoms with Gasteiger partial charge >= 0.3 is 0 Å². The van der Waals surface area contributed by atoms with E-state index in [0.717, 1.165) is 27.7 Å². The molecule has 3 N–H and O–H groups in total. The predicted molar refractivity (Wildman–Crippen MR) is 113 cm³/mol. The number of fused-ring (bicyclic) bond motifs is 1. The maximum atomic E-state index is 12.7. The van der Waals surface area contributed by atoms with Crippen molar-refractivity contribution in [2.45, 2.75) is 32.1 Å². The number of aliphatic hydroxyl groups is 1. The first kappa shape index (κ1) is 19.0. The van der Waals surface area contributed by atoms with Crippen LogP contribution in [0, 0.1) is 0 Å². The van der Waals surface area contributed by atoms with Crippen molar-refractivity contribution in [1.82, 2.24) is 10.3 Å². The highest BCUT2D eigenvalue weighted by molar-refractivity contribution is 6.01. The number of ketones is 1. The van der Waals surface area contributed by atoms with Gasteiger partial charge in [-0.25, -0.2) is 0 Å². The van der Waals surface area contributed by atoms with Gasteiger partial charge in [0.2, 0.25) is 5.91 Å². The fraction of sp³-hybridized carbons (Fsp3) is 0.250. The number of hydrogen-bond acceptors (Lipinski definition) is 3. The Morgan fingerprint density at radius 2 is 1.83 bits per heavy atom. The average Bonchev–Trinajstić information content (AvgIpc) is 3.24. The Labute approximate surface area is 169 Å². The van der Waals surface area contributed by atoms with Crippen LogP contribution in [0.25, 0.3) is 10.9 Å². The smallest absolute Gasteiger partial charge is 0.216 e. The molecule has 1 aromatic heterocycles. The summed E-state index contributed by atoms with van der Waals surface area (Å²) in [6.07, 6.45) is 1.36. The van der Waals surface area contributed by atoms with E-state index < -0.39 is 0 Å². The molecule has 4 rings (SSSR count). The van der Waals surface area contributed by atoms with Crippen LogP contribution in [0.4, 0.5) is 0 Å². The molecule has 2 aromatic carbocycles. The van der Waals surface area contributed by atoms with Crippen LogP contribution >= 0.6 is 0 Å². The van der Waals surface area contributed by atoms with Crippen molar-refractivity contribution in [3.63, 3.8) is 0 Å². The van der Waals surface area contributed by atoms with Gasteiger partial charge in [0.05, 0.1) is 5.92 Å². The largest absolute Gasteiger partial charge is 0.512 e. The first-order valence-electron chi connectivity index (χ1n) is 9.90.